The van der Waals surface area contributed by atoms with Gasteiger partial charge in [-0.2, -0.15) is 0 Å². The van der Waals surface area contributed by atoms with Gasteiger partial charge in [0, 0.05) is 0 Å². The van der Waals surface area contributed by atoms with Crippen LogP contribution in [-0.4, -0.2) is 32.7 Å². The molecule has 0 spiro atoms. The maximum atomic E-state index is 12.8. The van der Waals surface area contributed by atoms with Crippen LogP contribution in [0.2, 0.25) is 5.04 Å². The van der Waals surface area contributed by atoms with Crippen molar-refractivity contribution in [1.82, 2.24) is 5.32 Å². The van der Waals surface area contributed by atoms with Crippen molar-refractivity contribution in [2.45, 2.75) is 104 Å². The van der Waals surface area contributed by atoms with Crippen LogP contribution in [0, 0.1) is 5.92 Å². The molecule has 2 aromatic rings. The predicted octanol–water partition coefficient (Wildman–Crippen LogP) is 7.06. The molecule has 2 rings (SSSR count). The first kappa shape index (κ1) is 30.1. The van der Waals surface area contributed by atoms with E-state index < -0.39 is 13.9 Å². The van der Waals surface area contributed by atoms with Crippen LogP contribution >= 0.6 is 0 Å². The van der Waals surface area contributed by atoms with Crippen LogP contribution in [0.1, 0.15) is 87.5 Å². The molecule has 0 heterocycles. The highest BCUT2D eigenvalue weighted by Gasteiger charge is 2.50. The number of ether oxygens (including phenoxy) is 1. The van der Waals surface area contributed by atoms with E-state index in [4.69, 9.17) is 9.16 Å². The van der Waals surface area contributed by atoms with Gasteiger partial charge in [-0.05, 0) is 48.5 Å². The first-order valence-electron chi connectivity index (χ1n) is 13.7. The summed E-state index contributed by atoms with van der Waals surface area (Å²) in [5, 5.41) is 5.56. The van der Waals surface area contributed by atoms with Gasteiger partial charge in [-0.25, -0.2) is 4.79 Å². The molecule has 0 bridgehead atoms. The number of amides is 1. The van der Waals surface area contributed by atoms with Crippen LogP contribution in [0.15, 0.2) is 60.7 Å². The van der Waals surface area contributed by atoms with Crippen molar-refractivity contribution in [2.75, 3.05) is 6.61 Å². The second kappa shape index (κ2) is 13.4. The molecule has 200 valence electrons. The van der Waals surface area contributed by atoms with Crippen molar-refractivity contribution in [3.8, 4) is 0 Å². The van der Waals surface area contributed by atoms with Crippen molar-refractivity contribution < 1.29 is 14.0 Å². The Morgan fingerprint density at radius 3 is 1.83 bits per heavy atom. The highest BCUT2D eigenvalue weighted by Crippen LogP contribution is 2.37. The maximum Gasteiger partial charge on any atom is 0.407 e. The Labute approximate surface area is 221 Å². The fourth-order valence-electron chi connectivity index (χ4n) is 5.01. The van der Waals surface area contributed by atoms with Gasteiger partial charge in [-0.15, -0.1) is 0 Å². The molecule has 2 atom stereocenters. The SMILES string of the molecule is CCCC[C@@H](CC)C[C@@H](CO[Si](c1ccccc1)(c1ccccc1)C(C)(C)C)NC(=O)OC(C)(C)C. The Morgan fingerprint density at radius 2 is 1.42 bits per heavy atom. The average molecular weight is 512 g/mol. The van der Waals surface area contributed by atoms with Crippen molar-refractivity contribution in [3.63, 3.8) is 0 Å². The number of unbranched alkanes of at least 4 members (excludes halogenated alkanes) is 1. The molecule has 2 aromatic carbocycles. The summed E-state index contributed by atoms with van der Waals surface area (Å²) >= 11 is 0. The highest BCUT2D eigenvalue weighted by atomic mass is 28.4. The summed E-state index contributed by atoms with van der Waals surface area (Å²) in [5.41, 5.74) is -0.542. The number of carbonyl (C=O) groups excluding carboxylic acids is 1. The zero-order chi connectivity index (χ0) is 26.8. The van der Waals surface area contributed by atoms with Crippen molar-refractivity contribution in [1.29, 1.82) is 0 Å². The number of carbonyl (C=O) groups is 1. The number of benzene rings is 2. The molecule has 0 aliphatic rings. The monoisotopic (exact) mass is 511 g/mol. The first-order chi connectivity index (χ1) is 16.9. The average Bonchev–Trinajstić information content (AvgIpc) is 2.81. The van der Waals surface area contributed by atoms with E-state index in [1.165, 1.54) is 29.6 Å². The number of hydrogen-bond acceptors (Lipinski definition) is 3. The summed E-state index contributed by atoms with van der Waals surface area (Å²) in [7, 11) is -2.69. The van der Waals surface area contributed by atoms with E-state index in [1.807, 2.05) is 20.8 Å². The molecule has 1 amide bonds. The third-order valence-corrected chi connectivity index (χ3v) is 11.8. The number of nitrogens with one attached hydrogen (secondary N) is 1. The lowest BCUT2D eigenvalue weighted by Gasteiger charge is -2.44. The predicted molar refractivity (Wildman–Crippen MR) is 155 cm³/mol. The molecule has 0 aliphatic carbocycles. The zero-order valence-electron chi connectivity index (χ0n) is 23.9. The fraction of sp³-hybridized carbons (Fsp3) is 0.581. The summed E-state index contributed by atoms with van der Waals surface area (Å²) in [5.74, 6) is 0.535. The minimum atomic E-state index is -2.69. The molecule has 0 saturated carbocycles. The first-order valence-corrected chi connectivity index (χ1v) is 15.6. The van der Waals surface area contributed by atoms with Gasteiger partial charge >= 0.3 is 6.09 Å². The van der Waals surface area contributed by atoms with E-state index in [9.17, 15) is 4.79 Å². The molecule has 5 heteroatoms. The zero-order valence-corrected chi connectivity index (χ0v) is 24.9. The van der Waals surface area contributed by atoms with Gasteiger partial charge in [0.1, 0.15) is 5.60 Å². The summed E-state index contributed by atoms with van der Waals surface area (Å²) < 4.78 is 12.8. The van der Waals surface area contributed by atoms with Crippen molar-refractivity contribution >= 4 is 24.8 Å². The standard InChI is InChI=1S/C31H49NO3Si/c1-9-11-18-25(10-2)23-26(32-29(33)35-30(3,4)5)24-34-36(31(6,7)8,27-19-14-12-15-20-27)28-21-16-13-17-22-28/h12-17,19-22,25-26H,9-11,18,23-24H2,1-8H3,(H,32,33)/t25-,26+/m1/s1. The van der Waals surface area contributed by atoms with Crippen LogP contribution in [-0.2, 0) is 9.16 Å². The van der Waals surface area contributed by atoms with Gasteiger partial charge < -0.3 is 14.5 Å². The smallest absolute Gasteiger partial charge is 0.407 e. The van der Waals surface area contributed by atoms with Crippen LogP contribution in [0.5, 0.6) is 0 Å². The highest BCUT2D eigenvalue weighted by molar-refractivity contribution is 6.99. The number of hydrogen-bond donors (Lipinski definition) is 1. The molecule has 4 nitrogen and oxygen atoms in total. The third kappa shape index (κ3) is 8.48. The molecule has 1 N–H and O–H groups in total. The second-order valence-electron chi connectivity index (χ2n) is 12.0. The Morgan fingerprint density at radius 1 is 0.889 bits per heavy atom. The maximum absolute atomic E-state index is 12.8. The van der Waals surface area contributed by atoms with Gasteiger partial charge in [0.15, 0.2) is 0 Å². The van der Waals surface area contributed by atoms with Crippen LogP contribution < -0.4 is 15.7 Å². The van der Waals surface area contributed by atoms with Gasteiger partial charge in [0.05, 0.1) is 12.6 Å². The molecule has 36 heavy (non-hydrogen) atoms. The molecule has 0 saturated heterocycles. The van der Waals surface area contributed by atoms with Gasteiger partial charge in [-0.3, -0.25) is 0 Å². The van der Waals surface area contributed by atoms with Crippen LogP contribution in [0.25, 0.3) is 0 Å². The van der Waals surface area contributed by atoms with Crippen molar-refractivity contribution in [3.05, 3.63) is 60.7 Å². The third-order valence-electron chi connectivity index (χ3n) is 6.80. The molecule has 0 fully saturated rings. The summed E-state index contributed by atoms with van der Waals surface area (Å²) in [6.45, 7) is 17.5. The topological polar surface area (TPSA) is 47.6 Å². The molecular weight excluding hydrogens is 462 g/mol. The van der Waals surface area contributed by atoms with Crippen LogP contribution in [0.4, 0.5) is 4.79 Å². The van der Waals surface area contributed by atoms with Crippen molar-refractivity contribution in [2.24, 2.45) is 5.92 Å². The summed E-state index contributed by atoms with van der Waals surface area (Å²) in [6.07, 6.45) is 5.15. The Hall–Kier alpha value is -2.11. The Kier molecular flexibility index (Phi) is 11.2. The van der Waals surface area contributed by atoms with E-state index in [0.29, 0.717) is 12.5 Å². The van der Waals surface area contributed by atoms with E-state index in [1.54, 1.807) is 0 Å². The molecule has 0 aliphatic heterocycles. The van der Waals surface area contributed by atoms with Gasteiger partial charge in [-0.1, -0.05) is 121 Å². The summed E-state index contributed by atoms with van der Waals surface area (Å²) in [4.78, 5) is 12.8. The van der Waals surface area contributed by atoms with E-state index in [2.05, 4.69) is 101 Å². The minimum absolute atomic E-state index is 0.113. The molecule has 0 radical (unpaired) electrons. The van der Waals surface area contributed by atoms with E-state index in [0.717, 1.165) is 12.8 Å². The van der Waals surface area contributed by atoms with E-state index in [-0.39, 0.29) is 17.2 Å². The Balaban J connectivity index is 2.44. The van der Waals surface area contributed by atoms with E-state index >= 15 is 0 Å². The quantitative estimate of drug-likeness (QED) is 0.310. The lowest BCUT2D eigenvalue weighted by Crippen LogP contribution is -2.67. The Bertz CT molecular complexity index is 863. The van der Waals surface area contributed by atoms with Gasteiger partial charge in [0.2, 0.25) is 0 Å². The number of alkyl carbamates (subject to hydrolysis) is 1. The second-order valence-corrected chi connectivity index (χ2v) is 16.3. The lowest BCUT2D eigenvalue weighted by molar-refractivity contribution is 0.0475. The van der Waals surface area contributed by atoms with Crippen LogP contribution in [0.3, 0.4) is 0 Å². The largest absolute Gasteiger partial charge is 0.444 e. The molecule has 0 aromatic heterocycles. The molecule has 0 unspecified atom stereocenters. The normalized spacial score (nSPS) is 14.2. The summed E-state index contributed by atoms with van der Waals surface area (Å²) in [6, 6.07) is 21.2. The minimum Gasteiger partial charge on any atom is -0.444 e. The van der Waals surface area contributed by atoms with Gasteiger partial charge in [0.25, 0.3) is 8.32 Å². The number of rotatable bonds is 12. The fourth-order valence-corrected chi connectivity index (χ4v) is 9.62. The lowest BCUT2D eigenvalue weighted by atomic mass is 9.92. The molecular formula is C31H49NO3Si.